The molecule has 2 amide bonds. The molecule has 0 spiro atoms. The summed E-state index contributed by atoms with van der Waals surface area (Å²) in [5, 5.41) is 14.0. The molecule has 5 nitrogen and oxygen atoms in total. The van der Waals surface area contributed by atoms with Gasteiger partial charge in [-0.1, -0.05) is 0 Å². The molecule has 1 aromatic heterocycles. The summed E-state index contributed by atoms with van der Waals surface area (Å²) in [6.07, 6.45) is 1.70. The van der Waals surface area contributed by atoms with Gasteiger partial charge in [-0.15, -0.1) is 0 Å². The third kappa shape index (κ3) is 3.27. The van der Waals surface area contributed by atoms with Crippen LogP contribution < -0.4 is 10.6 Å². The van der Waals surface area contributed by atoms with Crippen molar-refractivity contribution in [3.05, 3.63) is 50.6 Å². The molecule has 3 rings (SSSR count). The van der Waals surface area contributed by atoms with Crippen LogP contribution in [0.25, 0.3) is 11.6 Å². The van der Waals surface area contributed by atoms with Crippen molar-refractivity contribution in [1.82, 2.24) is 5.32 Å². The van der Waals surface area contributed by atoms with E-state index >= 15 is 0 Å². The SMILES string of the molecule is O=C1Nc2ccc(F)cc2/C1=C/c1cc(C(=O)NCCO)c[se]1. The van der Waals surface area contributed by atoms with Crippen LogP contribution in [0.2, 0.25) is 0 Å². The number of hydrogen-bond acceptors (Lipinski definition) is 3. The first-order chi connectivity index (χ1) is 11.1. The Morgan fingerprint density at radius 1 is 1.39 bits per heavy atom. The molecular weight excluding hydrogens is 366 g/mol. The zero-order valence-corrected chi connectivity index (χ0v) is 13.6. The minimum absolute atomic E-state index is 0.0742. The monoisotopic (exact) mass is 380 g/mol. The molecule has 2 aromatic rings. The number of benzene rings is 1. The summed E-state index contributed by atoms with van der Waals surface area (Å²) in [6, 6.07) is 5.86. The predicted octanol–water partition coefficient (Wildman–Crippen LogP) is 1.10. The maximum atomic E-state index is 13.4. The summed E-state index contributed by atoms with van der Waals surface area (Å²) in [6.45, 7) is 0.0792. The molecular formula is C16H13FN2O3Se. The van der Waals surface area contributed by atoms with E-state index in [1.165, 1.54) is 18.2 Å². The van der Waals surface area contributed by atoms with Crippen molar-refractivity contribution in [2.24, 2.45) is 0 Å². The summed E-state index contributed by atoms with van der Waals surface area (Å²) < 4.78 is 14.3. The second kappa shape index (κ2) is 6.50. The maximum absolute atomic E-state index is 13.4. The van der Waals surface area contributed by atoms with E-state index in [-0.39, 0.29) is 39.5 Å². The number of amides is 2. The minimum atomic E-state index is -0.403. The summed E-state index contributed by atoms with van der Waals surface area (Å²) in [5.74, 6) is -0.934. The van der Waals surface area contributed by atoms with Gasteiger partial charge in [0, 0.05) is 0 Å². The quantitative estimate of drug-likeness (QED) is 0.550. The Morgan fingerprint density at radius 3 is 3.00 bits per heavy atom. The molecule has 0 atom stereocenters. The molecule has 2 heterocycles. The fourth-order valence-corrected chi connectivity index (χ4v) is 3.98. The molecule has 1 aromatic carbocycles. The van der Waals surface area contributed by atoms with Gasteiger partial charge in [-0.25, -0.2) is 0 Å². The van der Waals surface area contributed by atoms with Crippen LogP contribution >= 0.6 is 0 Å². The molecule has 0 aliphatic carbocycles. The first-order valence-corrected chi connectivity index (χ1v) is 8.73. The van der Waals surface area contributed by atoms with E-state index in [1.54, 1.807) is 12.1 Å². The van der Waals surface area contributed by atoms with E-state index in [0.29, 0.717) is 22.4 Å². The van der Waals surface area contributed by atoms with Crippen molar-refractivity contribution in [3.8, 4) is 0 Å². The van der Waals surface area contributed by atoms with Crippen molar-refractivity contribution in [2.75, 3.05) is 18.5 Å². The van der Waals surface area contributed by atoms with Gasteiger partial charge >= 0.3 is 137 Å². The van der Waals surface area contributed by atoms with Crippen LogP contribution in [-0.4, -0.2) is 44.6 Å². The molecule has 0 unspecified atom stereocenters. The van der Waals surface area contributed by atoms with E-state index in [9.17, 15) is 14.0 Å². The van der Waals surface area contributed by atoms with Gasteiger partial charge < -0.3 is 0 Å². The standard InChI is InChI=1S/C16H13FN2O3Se/c17-10-1-2-14-12(6-10)13(16(22)19-14)7-11-5-9(8-23-11)15(21)18-3-4-20/h1-2,5-8,20H,3-4H2,(H,18,21)(H,19,22)/b13-7-. The average molecular weight is 379 g/mol. The van der Waals surface area contributed by atoms with E-state index in [1.807, 2.05) is 4.94 Å². The van der Waals surface area contributed by atoms with Gasteiger partial charge in [0.1, 0.15) is 0 Å². The number of rotatable bonds is 4. The Kier molecular flexibility index (Phi) is 4.43. The van der Waals surface area contributed by atoms with Crippen LogP contribution in [0, 0.1) is 5.82 Å². The summed E-state index contributed by atoms with van der Waals surface area (Å²) in [5.41, 5.74) is 2.04. The van der Waals surface area contributed by atoms with Gasteiger partial charge in [-0.05, 0) is 0 Å². The van der Waals surface area contributed by atoms with Crippen LogP contribution in [0.5, 0.6) is 0 Å². The molecule has 118 valence electrons. The number of carbonyl (C=O) groups is 2. The Bertz CT molecular complexity index is 813. The fourth-order valence-electron chi connectivity index (χ4n) is 2.26. The van der Waals surface area contributed by atoms with Gasteiger partial charge in [0.15, 0.2) is 0 Å². The number of anilines is 1. The Hall–Kier alpha value is -2.21. The molecule has 0 radical (unpaired) electrons. The first-order valence-electron chi connectivity index (χ1n) is 6.89. The average Bonchev–Trinajstić information content (AvgIpc) is 3.11. The third-order valence-corrected chi connectivity index (χ3v) is 5.18. The molecule has 1 aliphatic rings. The number of fused-ring (bicyclic) bond motifs is 1. The molecule has 0 bridgehead atoms. The third-order valence-electron chi connectivity index (χ3n) is 3.33. The van der Waals surface area contributed by atoms with E-state index in [0.717, 1.165) is 4.44 Å². The number of nitrogens with one attached hydrogen (secondary N) is 2. The Morgan fingerprint density at radius 2 is 2.22 bits per heavy atom. The molecule has 0 fully saturated rings. The van der Waals surface area contributed by atoms with E-state index in [4.69, 9.17) is 5.11 Å². The van der Waals surface area contributed by atoms with Crippen LogP contribution in [0.1, 0.15) is 20.4 Å². The molecule has 3 N–H and O–H groups in total. The van der Waals surface area contributed by atoms with E-state index < -0.39 is 5.82 Å². The number of aliphatic hydroxyl groups is 1. The van der Waals surface area contributed by atoms with Gasteiger partial charge in [-0.3, -0.25) is 0 Å². The van der Waals surface area contributed by atoms with Crippen LogP contribution in [0.15, 0.2) is 29.2 Å². The summed E-state index contributed by atoms with van der Waals surface area (Å²) in [7, 11) is 0. The van der Waals surface area contributed by atoms with Gasteiger partial charge in [-0.2, -0.15) is 0 Å². The van der Waals surface area contributed by atoms with Crippen LogP contribution in [-0.2, 0) is 4.79 Å². The second-order valence-corrected chi connectivity index (χ2v) is 6.90. The van der Waals surface area contributed by atoms with Crippen molar-refractivity contribution in [1.29, 1.82) is 0 Å². The zero-order chi connectivity index (χ0) is 16.4. The number of aliphatic hydroxyl groups excluding tert-OH is 1. The number of hydrogen-bond donors (Lipinski definition) is 3. The van der Waals surface area contributed by atoms with Gasteiger partial charge in [0.25, 0.3) is 0 Å². The molecule has 0 saturated carbocycles. The zero-order valence-electron chi connectivity index (χ0n) is 11.9. The van der Waals surface area contributed by atoms with Crippen molar-refractivity contribution >= 4 is 43.7 Å². The molecule has 0 saturated heterocycles. The van der Waals surface area contributed by atoms with Gasteiger partial charge in [0.05, 0.1) is 0 Å². The van der Waals surface area contributed by atoms with Crippen LogP contribution in [0.3, 0.4) is 0 Å². The van der Waals surface area contributed by atoms with E-state index in [2.05, 4.69) is 10.6 Å². The normalized spacial score (nSPS) is 14.7. The number of carbonyl (C=O) groups excluding carboxylic acids is 2. The predicted molar refractivity (Wildman–Crippen MR) is 85.7 cm³/mol. The molecule has 23 heavy (non-hydrogen) atoms. The van der Waals surface area contributed by atoms with Gasteiger partial charge in [0.2, 0.25) is 0 Å². The summed E-state index contributed by atoms with van der Waals surface area (Å²) >= 11 is -0.0742. The molecule has 7 heteroatoms. The van der Waals surface area contributed by atoms with Crippen LogP contribution in [0.4, 0.5) is 10.1 Å². The second-order valence-electron chi connectivity index (χ2n) is 4.92. The number of halogens is 1. The fraction of sp³-hybridized carbons (Fsp3) is 0.125. The Labute approximate surface area is 137 Å². The van der Waals surface area contributed by atoms with Crippen molar-refractivity contribution in [2.45, 2.75) is 0 Å². The molecule has 1 aliphatic heterocycles. The Balaban J connectivity index is 1.88. The first kappa shape index (κ1) is 15.7. The van der Waals surface area contributed by atoms with Crippen molar-refractivity contribution < 1.29 is 19.1 Å². The topological polar surface area (TPSA) is 78.4 Å². The van der Waals surface area contributed by atoms with Crippen molar-refractivity contribution in [3.63, 3.8) is 0 Å². The summed E-state index contributed by atoms with van der Waals surface area (Å²) in [4.78, 5) is 25.7.